The molecule has 0 saturated heterocycles. The Hall–Kier alpha value is -4.68. The van der Waals surface area contributed by atoms with Crippen LogP contribution >= 0.6 is 0 Å². The van der Waals surface area contributed by atoms with Gasteiger partial charge in [-0.25, -0.2) is 0 Å². The summed E-state index contributed by atoms with van der Waals surface area (Å²) in [5.41, 5.74) is 3.46. The first-order valence-electron chi connectivity index (χ1n) is 16.2. The van der Waals surface area contributed by atoms with Crippen LogP contribution < -0.4 is 0 Å². The van der Waals surface area contributed by atoms with E-state index in [1.807, 2.05) is 78.9 Å². The van der Waals surface area contributed by atoms with Crippen LogP contribution in [0.1, 0.15) is 12.3 Å². The van der Waals surface area contributed by atoms with Crippen molar-refractivity contribution in [2.75, 3.05) is 0 Å². The van der Waals surface area contributed by atoms with Gasteiger partial charge in [-0.3, -0.25) is 0 Å². The van der Waals surface area contributed by atoms with E-state index in [9.17, 15) is 1.37 Å². The minimum atomic E-state index is -0.536. The van der Waals surface area contributed by atoms with Crippen LogP contribution in [-0.4, -0.2) is 0 Å². The van der Waals surface area contributed by atoms with Crippen molar-refractivity contribution in [1.82, 2.24) is 0 Å². The zero-order valence-electron chi connectivity index (χ0n) is 28.2. The first-order valence-corrected chi connectivity index (χ1v) is 11.7. The highest BCUT2D eigenvalue weighted by Gasteiger charge is 2.18. The Kier molecular flexibility index (Phi) is 3.17. The second-order valence-electron chi connectivity index (χ2n) is 8.62. The van der Waals surface area contributed by atoms with Gasteiger partial charge in [-0.2, -0.15) is 0 Å². The van der Waals surface area contributed by atoms with E-state index in [4.69, 9.17) is 11.0 Å². The molecule has 0 aliphatic carbocycles. The maximum atomic E-state index is 9.17. The molecule has 0 bridgehead atoms. The fraction of sp³-hybridized carbons (Fsp3) is 0. The van der Waals surface area contributed by atoms with Gasteiger partial charge < -0.3 is 0 Å². The lowest BCUT2D eigenvalue weighted by Gasteiger charge is -2.19. The molecule has 7 aromatic rings. The van der Waals surface area contributed by atoms with Gasteiger partial charge in [-0.15, -0.1) is 0 Å². The average molecular weight is 466 g/mol. The average Bonchev–Trinajstić information content (AvgIpc) is 3.07. The first-order chi connectivity index (χ1) is 21.6. The van der Waals surface area contributed by atoms with Crippen LogP contribution in [0.2, 0.25) is 0 Å². The smallest absolute Gasteiger partial charge is 0.0622 e. The largest absolute Gasteiger partial charge is 0.0629 e. The van der Waals surface area contributed by atoms with Gasteiger partial charge in [-0.1, -0.05) is 145 Å². The summed E-state index contributed by atoms with van der Waals surface area (Å²) in [4.78, 5) is 0. The van der Waals surface area contributed by atoms with E-state index in [0.29, 0.717) is 16.3 Å². The molecule has 7 rings (SSSR count). The fourth-order valence-electron chi connectivity index (χ4n) is 5.18. The van der Waals surface area contributed by atoms with Gasteiger partial charge in [0, 0.05) is 0 Å². The van der Waals surface area contributed by atoms with Gasteiger partial charge >= 0.3 is 0 Å². The lowest BCUT2D eigenvalue weighted by molar-refractivity contribution is 1.64. The molecule has 0 unspecified atom stereocenters. The maximum Gasteiger partial charge on any atom is 0.0629 e. The van der Waals surface area contributed by atoms with Crippen LogP contribution in [0.5, 0.6) is 0 Å². The number of hydrogen-bond donors (Lipinski definition) is 0. The highest BCUT2D eigenvalue weighted by Crippen LogP contribution is 2.46. The quantitative estimate of drug-likeness (QED) is 0.228. The van der Waals surface area contributed by atoms with E-state index in [-0.39, 0.29) is 34.0 Å². The second-order valence-corrected chi connectivity index (χ2v) is 8.62. The highest BCUT2D eigenvalue weighted by atomic mass is 14.2. The molecule has 0 heterocycles. The van der Waals surface area contributed by atoms with Crippen LogP contribution in [0.3, 0.4) is 0 Å². The molecular formula is C36H24. The van der Waals surface area contributed by atoms with Crippen LogP contribution in [0, 0.1) is 0 Å². The Balaban J connectivity index is 1.74. The Bertz CT molecular complexity index is 2330. The maximum absolute atomic E-state index is 9.17. The SMILES string of the molecule is [2H]c1c([2H])c([2H])c(-c2c3ccccc3c(-c3ccc(-c4ccccc4)c4ccccc34)c3c([2H])c([2H])c([2H])c([2H])c23)c([2H])c1[2H]. The minimum Gasteiger partial charge on any atom is -0.0622 e. The molecule has 0 saturated carbocycles. The van der Waals surface area contributed by atoms with Crippen molar-refractivity contribution in [3.63, 3.8) is 0 Å². The Morgan fingerprint density at radius 3 is 1.53 bits per heavy atom. The number of benzene rings is 7. The molecule has 0 atom stereocenters. The molecule has 0 heteroatoms. The van der Waals surface area contributed by atoms with Crippen LogP contribution in [0.15, 0.2) is 145 Å². The zero-order valence-corrected chi connectivity index (χ0v) is 19.2. The van der Waals surface area contributed by atoms with Crippen molar-refractivity contribution in [3.05, 3.63) is 145 Å². The van der Waals surface area contributed by atoms with Gasteiger partial charge in [0.05, 0.1) is 12.3 Å². The van der Waals surface area contributed by atoms with Gasteiger partial charge in [0.1, 0.15) is 0 Å². The number of rotatable bonds is 3. The summed E-state index contributed by atoms with van der Waals surface area (Å²) in [6.45, 7) is 0. The Labute approximate surface area is 223 Å². The normalized spacial score (nSPS) is 14.8. The summed E-state index contributed by atoms with van der Waals surface area (Å²) >= 11 is 0. The van der Waals surface area contributed by atoms with Crippen molar-refractivity contribution < 1.29 is 12.3 Å². The molecule has 168 valence electrons. The molecular weight excluding hydrogens is 432 g/mol. The van der Waals surface area contributed by atoms with E-state index >= 15 is 0 Å². The van der Waals surface area contributed by atoms with Crippen LogP contribution in [0.4, 0.5) is 0 Å². The lowest BCUT2D eigenvalue weighted by atomic mass is 9.84. The van der Waals surface area contributed by atoms with E-state index in [2.05, 4.69) is 0 Å². The third-order valence-corrected chi connectivity index (χ3v) is 6.68. The van der Waals surface area contributed by atoms with Crippen molar-refractivity contribution in [2.24, 2.45) is 0 Å². The molecule has 0 spiro atoms. The monoisotopic (exact) mass is 465 g/mol. The van der Waals surface area contributed by atoms with Crippen molar-refractivity contribution in [2.45, 2.75) is 0 Å². The topological polar surface area (TPSA) is 0 Å². The van der Waals surface area contributed by atoms with E-state index in [1.54, 1.807) is 12.1 Å². The predicted octanol–water partition coefficient (Wildman–Crippen LogP) is 10.1. The minimum absolute atomic E-state index is 0.101. The predicted molar refractivity (Wildman–Crippen MR) is 155 cm³/mol. The summed E-state index contributed by atoms with van der Waals surface area (Å²) in [7, 11) is 0. The van der Waals surface area contributed by atoms with Gasteiger partial charge in [0.2, 0.25) is 0 Å². The van der Waals surface area contributed by atoms with Crippen LogP contribution in [-0.2, 0) is 0 Å². The summed E-state index contributed by atoms with van der Waals surface area (Å²) in [5, 5.41) is 3.32. The molecule has 0 aliphatic heterocycles. The summed E-state index contributed by atoms with van der Waals surface area (Å²) in [6, 6.07) is 25.2. The Morgan fingerprint density at radius 1 is 0.333 bits per heavy atom. The van der Waals surface area contributed by atoms with Crippen molar-refractivity contribution in [3.8, 4) is 33.4 Å². The molecule has 0 nitrogen and oxygen atoms in total. The van der Waals surface area contributed by atoms with E-state index in [0.717, 1.165) is 27.5 Å². The molecule has 36 heavy (non-hydrogen) atoms. The number of hydrogen-bond acceptors (Lipinski definition) is 0. The van der Waals surface area contributed by atoms with Crippen LogP contribution in [0.25, 0.3) is 65.7 Å². The second kappa shape index (κ2) is 8.52. The molecule has 0 amide bonds. The lowest BCUT2D eigenvalue weighted by Crippen LogP contribution is -1.92. The summed E-state index contributed by atoms with van der Waals surface area (Å²) in [5.74, 6) is 0. The van der Waals surface area contributed by atoms with Crippen molar-refractivity contribution in [1.29, 1.82) is 0 Å². The summed E-state index contributed by atoms with van der Waals surface area (Å²) < 4.78 is 78.0. The Morgan fingerprint density at radius 2 is 0.833 bits per heavy atom. The molecule has 0 radical (unpaired) electrons. The molecule has 0 fully saturated rings. The summed E-state index contributed by atoms with van der Waals surface area (Å²) in [6.07, 6.45) is 0. The van der Waals surface area contributed by atoms with E-state index in [1.165, 1.54) is 0 Å². The first kappa shape index (κ1) is 13.4. The van der Waals surface area contributed by atoms with E-state index < -0.39 is 42.3 Å². The molecule has 0 aromatic heterocycles. The van der Waals surface area contributed by atoms with Gasteiger partial charge in [-0.05, 0) is 65.7 Å². The van der Waals surface area contributed by atoms with Gasteiger partial charge in [0.25, 0.3) is 0 Å². The number of fused-ring (bicyclic) bond motifs is 3. The third kappa shape index (κ3) is 3.23. The standard InChI is InChI=1S/C36H24/c1-3-13-25(14-4-1)27-23-24-34(29-18-8-7-17-28(27)29)36-32-21-11-9-19-30(32)35(26-15-5-2-6-16-26)31-20-10-12-22-33(31)36/h1-24H/i2D,5D,6D,9D,11D,15D,16D,19D,21D. The highest BCUT2D eigenvalue weighted by molar-refractivity contribution is 6.24. The fourth-order valence-corrected chi connectivity index (χ4v) is 5.18. The van der Waals surface area contributed by atoms with Gasteiger partial charge in [0.15, 0.2) is 0 Å². The van der Waals surface area contributed by atoms with Crippen molar-refractivity contribution >= 4 is 32.3 Å². The molecule has 0 N–H and O–H groups in total. The molecule has 0 aliphatic rings. The molecule has 7 aromatic carbocycles. The zero-order chi connectivity index (χ0) is 31.7. The third-order valence-electron chi connectivity index (χ3n) is 6.68.